The second-order valence-corrected chi connectivity index (χ2v) is 4.40. The second-order valence-electron chi connectivity index (χ2n) is 4.40. The minimum Gasteiger partial charge on any atom is -0.492 e. The predicted octanol–water partition coefficient (Wildman–Crippen LogP) is 2.05. The van der Waals surface area contributed by atoms with Gasteiger partial charge in [-0.15, -0.1) is 0 Å². The van der Waals surface area contributed by atoms with Crippen LogP contribution >= 0.6 is 0 Å². The van der Waals surface area contributed by atoms with Crippen LogP contribution in [0.15, 0.2) is 24.3 Å². The average molecular weight is 234 g/mol. The summed E-state index contributed by atoms with van der Waals surface area (Å²) in [5, 5.41) is 3.44. The molecule has 3 nitrogen and oxygen atoms in total. The van der Waals surface area contributed by atoms with Crippen LogP contribution in [0.25, 0.3) is 0 Å². The van der Waals surface area contributed by atoms with Crippen LogP contribution in [0.2, 0.25) is 0 Å². The highest BCUT2D eigenvalue weighted by atomic mass is 16.5. The van der Waals surface area contributed by atoms with Gasteiger partial charge in [0.15, 0.2) is 0 Å². The van der Waals surface area contributed by atoms with Crippen LogP contribution in [0, 0.1) is 0 Å². The fraction of sp³-hybridized carbons (Fsp3) is 0.571. The van der Waals surface area contributed by atoms with Crippen LogP contribution in [0.5, 0.6) is 5.75 Å². The zero-order valence-electron chi connectivity index (χ0n) is 10.9. The summed E-state index contributed by atoms with van der Waals surface area (Å²) in [6.45, 7) is 7.30. The molecule has 0 amide bonds. The molecule has 1 aromatic carbocycles. The van der Waals surface area contributed by atoms with Gasteiger partial charge >= 0.3 is 0 Å². The van der Waals surface area contributed by atoms with Gasteiger partial charge in [-0.1, -0.05) is 32.0 Å². The van der Waals surface area contributed by atoms with E-state index in [2.05, 4.69) is 42.3 Å². The van der Waals surface area contributed by atoms with Gasteiger partial charge in [0.05, 0.1) is 12.1 Å². The zero-order valence-corrected chi connectivity index (χ0v) is 10.9. The van der Waals surface area contributed by atoms with Crippen molar-refractivity contribution >= 4 is 0 Å². The van der Waals surface area contributed by atoms with Gasteiger partial charge in [0.1, 0.15) is 12.4 Å². The number of nitrogens with zero attached hydrogens (tertiary/aromatic N) is 1. The fourth-order valence-corrected chi connectivity index (χ4v) is 2.70. The monoisotopic (exact) mass is 234 g/mol. The summed E-state index contributed by atoms with van der Waals surface area (Å²) in [5.74, 6) is 1.02. The minimum absolute atomic E-state index is 0.361. The lowest BCUT2D eigenvalue weighted by Crippen LogP contribution is -2.49. The Kier molecular flexibility index (Phi) is 4.02. The van der Waals surface area contributed by atoms with E-state index >= 15 is 0 Å². The van der Waals surface area contributed by atoms with E-state index in [1.165, 1.54) is 5.56 Å². The Morgan fingerprint density at radius 3 is 2.65 bits per heavy atom. The highest BCUT2D eigenvalue weighted by molar-refractivity contribution is 5.38. The molecule has 1 aromatic rings. The number of hydrogen-bond acceptors (Lipinski definition) is 3. The molecule has 0 radical (unpaired) electrons. The number of hydrogen-bond donors (Lipinski definition) is 1. The molecule has 2 rings (SSSR count). The van der Waals surface area contributed by atoms with Crippen molar-refractivity contribution in [2.75, 3.05) is 26.7 Å². The van der Waals surface area contributed by atoms with E-state index < -0.39 is 0 Å². The lowest BCUT2D eigenvalue weighted by atomic mass is 9.95. The van der Waals surface area contributed by atoms with Crippen molar-refractivity contribution in [3.05, 3.63) is 29.8 Å². The maximum Gasteiger partial charge on any atom is 0.124 e. The van der Waals surface area contributed by atoms with Crippen LogP contribution in [-0.4, -0.2) is 37.7 Å². The van der Waals surface area contributed by atoms with Crippen molar-refractivity contribution in [2.45, 2.75) is 25.9 Å². The molecule has 2 unspecified atom stereocenters. The standard InChI is InChI=1S/C14H22N2O/c1-4-16(5-2)12-10-17-13-9-7-6-8-11(13)14(12)15-3/h6-9,12,14-15H,4-5,10H2,1-3H3. The molecule has 3 heteroatoms. The van der Waals surface area contributed by atoms with E-state index in [9.17, 15) is 0 Å². The van der Waals surface area contributed by atoms with Gasteiger partial charge in [0.25, 0.3) is 0 Å². The predicted molar refractivity (Wildman–Crippen MR) is 70.4 cm³/mol. The van der Waals surface area contributed by atoms with Crippen molar-refractivity contribution in [2.24, 2.45) is 0 Å². The molecule has 1 aliphatic heterocycles. The number of fused-ring (bicyclic) bond motifs is 1. The van der Waals surface area contributed by atoms with E-state index in [4.69, 9.17) is 4.74 Å². The molecule has 1 heterocycles. The maximum atomic E-state index is 5.87. The number of nitrogens with one attached hydrogen (secondary N) is 1. The number of ether oxygens (including phenoxy) is 1. The summed E-state index contributed by atoms with van der Waals surface area (Å²) in [6.07, 6.45) is 0. The van der Waals surface area contributed by atoms with Crippen molar-refractivity contribution < 1.29 is 4.74 Å². The largest absolute Gasteiger partial charge is 0.492 e. The molecule has 17 heavy (non-hydrogen) atoms. The molecular weight excluding hydrogens is 212 g/mol. The molecule has 0 bridgehead atoms. The Bertz CT molecular complexity index is 363. The van der Waals surface area contributed by atoms with Crippen molar-refractivity contribution in [1.82, 2.24) is 10.2 Å². The Hall–Kier alpha value is -1.06. The smallest absolute Gasteiger partial charge is 0.124 e. The van der Waals surface area contributed by atoms with Crippen molar-refractivity contribution in [3.8, 4) is 5.75 Å². The van der Waals surface area contributed by atoms with E-state index in [0.29, 0.717) is 12.1 Å². The second kappa shape index (κ2) is 5.52. The van der Waals surface area contributed by atoms with Gasteiger partial charge in [-0.25, -0.2) is 0 Å². The number of likely N-dealkylation sites (N-methyl/N-ethyl adjacent to an activating group) is 2. The third kappa shape index (κ3) is 2.31. The van der Waals surface area contributed by atoms with Gasteiger partial charge in [-0.3, -0.25) is 4.90 Å². The number of rotatable bonds is 4. The van der Waals surface area contributed by atoms with Crippen LogP contribution in [0.3, 0.4) is 0 Å². The summed E-state index contributed by atoms with van der Waals surface area (Å²) >= 11 is 0. The molecule has 0 fully saturated rings. The van der Waals surface area contributed by atoms with Crippen LogP contribution < -0.4 is 10.1 Å². The summed E-state index contributed by atoms with van der Waals surface area (Å²) in [5.41, 5.74) is 1.28. The van der Waals surface area contributed by atoms with Gasteiger partial charge in [0, 0.05) is 5.56 Å². The first-order chi connectivity index (χ1) is 8.31. The summed E-state index contributed by atoms with van der Waals surface area (Å²) in [7, 11) is 2.03. The molecule has 0 spiro atoms. The normalized spacial score (nSPS) is 23.3. The molecule has 0 aromatic heterocycles. The third-order valence-corrected chi connectivity index (χ3v) is 3.64. The first-order valence-electron chi connectivity index (χ1n) is 6.44. The lowest BCUT2D eigenvalue weighted by Gasteiger charge is -2.39. The molecule has 94 valence electrons. The van der Waals surface area contributed by atoms with E-state index in [-0.39, 0.29) is 0 Å². The fourth-order valence-electron chi connectivity index (χ4n) is 2.70. The summed E-state index contributed by atoms with van der Waals surface area (Å²) < 4.78 is 5.87. The van der Waals surface area contributed by atoms with Crippen LogP contribution in [-0.2, 0) is 0 Å². The summed E-state index contributed by atoms with van der Waals surface area (Å²) in [4.78, 5) is 2.46. The molecule has 2 atom stereocenters. The Balaban J connectivity index is 2.28. The van der Waals surface area contributed by atoms with Gasteiger partial charge < -0.3 is 10.1 Å². The van der Waals surface area contributed by atoms with Crippen LogP contribution in [0.1, 0.15) is 25.5 Å². The van der Waals surface area contributed by atoms with Gasteiger partial charge in [-0.05, 0) is 26.2 Å². The molecular formula is C14H22N2O. The SMILES string of the molecule is CCN(CC)C1COc2ccccc2C1NC. The number of benzene rings is 1. The quantitative estimate of drug-likeness (QED) is 0.863. The molecule has 0 saturated heterocycles. The number of para-hydroxylation sites is 1. The highest BCUT2D eigenvalue weighted by Crippen LogP contribution is 2.33. The molecule has 0 saturated carbocycles. The molecule has 1 aliphatic rings. The zero-order chi connectivity index (χ0) is 12.3. The van der Waals surface area contributed by atoms with Gasteiger partial charge in [-0.2, -0.15) is 0 Å². The van der Waals surface area contributed by atoms with E-state index in [1.807, 2.05) is 13.1 Å². The molecule has 0 aliphatic carbocycles. The Labute approximate surface area is 104 Å². The summed E-state index contributed by atoms with van der Waals surface area (Å²) in [6, 6.07) is 9.11. The van der Waals surface area contributed by atoms with Gasteiger partial charge in [0.2, 0.25) is 0 Å². The average Bonchev–Trinajstić information content (AvgIpc) is 2.39. The highest BCUT2D eigenvalue weighted by Gasteiger charge is 2.32. The Morgan fingerprint density at radius 1 is 1.29 bits per heavy atom. The third-order valence-electron chi connectivity index (χ3n) is 3.64. The topological polar surface area (TPSA) is 24.5 Å². The van der Waals surface area contributed by atoms with E-state index in [0.717, 1.165) is 25.4 Å². The minimum atomic E-state index is 0.361. The van der Waals surface area contributed by atoms with Crippen molar-refractivity contribution in [1.29, 1.82) is 0 Å². The molecule has 1 N–H and O–H groups in total. The first-order valence-corrected chi connectivity index (χ1v) is 6.44. The maximum absolute atomic E-state index is 5.87. The van der Waals surface area contributed by atoms with E-state index in [1.54, 1.807) is 0 Å². The van der Waals surface area contributed by atoms with Crippen molar-refractivity contribution in [3.63, 3.8) is 0 Å². The Morgan fingerprint density at radius 2 is 2.00 bits per heavy atom. The first kappa shape index (κ1) is 12.4. The van der Waals surface area contributed by atoms with Crippen LogP contribution in [0.4, 0.5) is 0 Å². The lowest BCUT2D eigenvalue weighted by molar-refractivity contribution is 0.0966.